The van der Waals surface area contributed by atoms with Crippen molar-refractivity contribution in [3.8, 4) is 11.4 Å². The quantitative estimate of drug-likeness (QED) is 0.658. The number of nitrogens with zero attached hydrogens (tertiary/aromatic N) is 3. The first-order chi connectivity index (χ1) is 14.6. The number of benzene rings is 1. The van der Waals surface area contributed by atoms with Crippen LogP contribution in [0.2, 0.25) is 5.02 Å². The van der Waals surface area contributed by atoms with Crippen molar-refractivity contribution >= 4 is 23.4 Å². The van der Waals surface area contributed by atoms with Gasteiger partial charge in [0.05, 0.1) is 11.6 Å². The highest BCUT2D eigenvalue weighted by Crippen LogP contribution is 2.21. The number of aromatic nitrogens is 3. The molecule has 1 saturated heterocycles. The van der Waals surface area contributed by atoms with Gasteiger partial charge < -0.3 is 10.2 Å². The van der Waals surface area contributed by atoms with Gasteiger partial charge in [0.25, 0.3) is 5.91 Å². The van der Waals surface area contributed by atoms with E-state index in [9.17, 15) is 9.59 Å². The molecule has 1 aromatic carbocycles. The summed E-state index contributed by atoms with van der Waals surface area (Å²) in [5.74, 6) is -0.470. The van der Waals surface area contributed by atoms with Crippen molar-refractivity contribution < 1.29 is 9.59 Å². The molecule has 4 rings (SSSR count). The molecule has 30 heavy (non-hydrogen) atoms. The van der Waals surface area contributed by atoms with Gasteiger partial charge in [-0.3, -0.25) is 19.7 Å². The molecular formula is C22H22ClN5O2. The molecule has 0 radical (unpaired) electrons. The molecule has 1 aliphatic heterocycles. The van der Waals surface area contributed by atoms with Gasteiger partial charge in [-0.05, 0) is 42.7 Å². The number of hydrogen-bond donors (Lipinski definition) is 2. The normalized spacial score (nSPS) is 16.3. The van der Waals surface area contributed by atoms with Crippen LogP contribution in [0.25, 0.3) is 11.4 Å². The summed E-state index contributed by atoms with van der Waals surface area (Å²) in [7, 11) is 0. The van der Waals surface area contributed by atoms with E-state index in [1.807, 2.05) is 36.4 Å². The van der Waals surface area contributed by atoms with Crippen LogP contribution in [0.3, 0.4) is 0 Å². The van der Waals surface area contributed by atoms with Gasteiger partial charge in [-0.1, -0.05) is 35.9 Å². The molecule has 7 nitrogen and oxygen atoms in total. The van der Waals surface area contributed by atoms with E-state index < -0.39 is 0 Å². The Morgan fingerprint density at radius 1 is 1.17 bits per heavy atom. The minimum Gasteiger partial charge on any atom is -0.352 e. The zero-order valence-corrected chi connectivity index (χ0v) is 17.1. The Balaban J connectivity index is 1.37. The van der Waals surface area contributed by atoms with Gasteiger partial charge in [-0.2, -0.15) is 5.10 Å². The van der Waals surface area contributed by atoms with Gasteiger partial charge in [0, 0.05) is 30.9 Å². The summed E-state index contributed by atoms with van der Waals surface area (Å²) in [4.78, 5) is 31.5. The van der Waals surface area contributed by atoms with Gasteiger partial charge >= 0.3 is 0 Å². The highest BCUT2D eigenvalue weighted by atomic mass is 35.5. The van der Waals surface area contributed by atoms with Gasteiger partial charge in [0.15, 0.2) is 0 Å². The van der Waals surface area contributed by atoms with Crippen LogP contribution < -0.4 is 5.32 Å². The summed E-state index contributed by atoms with van der Waals surface area (Å²) >= 11 is 6.15. The first kappa shape index (κ1) is 20.1. The Bertz CT molecular complexity index is 1040. The Labute approximate surface area is 179 Å². The molecule has 2 amide bonds. The van der Waals surface area contributed by atoms with Crippen LogP contribution in [0.4, 0.5) is 0 Å². The smallest absolute Gasteiger partial charge is 0.271 e. The SMILES string of the molecule is O=C(NCc1ccccc1Cl)[C@H]1CCCN(C(=O)c2cc(-c3ccccn3)n[nH]2)C1. The summed E-state index contributed by atoms with van der Waals surface area (Å²) in [5.41, 5.74) is 2.58. The maximum absolute atomic E-state index is 12.9. The Morgan fingerprint density at radius 3 is 2.80 bits per heavy atom. The molecule has 3 aromatic rings. The van der Waals surface area contributed by atoms with Crippen molar-refractivity contribution in [3.05, 3.63) is 71.0 Å². The van der Waals surface area contributed by atoms with Crippen LogP contribution in [0.15, 0.2) is 54.7 Å². The van der Waals surface area contributed by atoms with E-state index in [-0.39, 0.29) is 17.7 Å². The molecule has 1 fully saturated rings. The topological polar surface area (TPSA) is 91.0 Å². The molecule has 2 N–H and O–H groups in total. The molecule has 2 aromatic heterocycles. The maximum atomic E-state index is 12.9. The third-order valence-corrected chi connectivity index (χ3v) is 5.59. The lowest BCUT2D eigenvalue weighted by Crippen LogP contribution is -2.45. The standard InChI is InChI=1S/C22H22ClN5O2/c23-17-8-2-1-6-15(17)13-25-21(29)16-7-5-11-28(14-16)22(30)20-12-19(26-27-20)18-9-3-4-10-24-18/h1-4,6,8-10,12,16H,5,7,11,13-14H2,(H,25,29)(H,26,27)/t16-/m0/s1. The molecule has 0 saturated carbocycles. The largest absolute Gasteiger partial charge is 0.352 e. The molecule has 0 aliphatic carbocycles. The Kier molecular flexibility index (Phi) is 6.09. The lowest BCUT2D eigenvalue weighted by Gasteiger charge is -2.31. The number of hydrogen-bond acceptors (Lipinski definition) is 4. The average Bonchev–Trinajstić information content (AvgIpc) is 3.29. The zero-order chi connectivity index (χ0) is 20.9. The number of rotatable bonds is 5. The predicted octanol–water partition coefficient (Wildman–Crippen LogP) is 3.29. The fourth-order valence-electron chi connectivity index (χ4n) is 3.59. The first-order valence-corrected chi connectivity index (χ1v) is 10.3. The second kappa shape index (κ2) is 9.09. The van der Waals surface area contributed by atoms with Crippen molar-refractivity contribution in [2.45, 2.75) is 19.4 Å². The van der Waals surface area contributed by atoms with E-state index >= 15 is 0 Å². The number of likely N-dealkylation sites (tertiary alicyclic amines) is 1. The van der Waals surface area contributed by atoms with Gasteiger partial charge in [0.2, 0.25) is 5.91 Å². The second-order valence-corrected chi connectivity index (χ2v) is 7.69. The van der Waals surface area contributed by atoms with Gasteiger partial charge in [-0.15, -0.1) is 0 Å². The number of carbonyl (C=O) groups excluding carboxylic acids is 2. The molecule has 1 atom stereocenters. The van der Waals surface area contributed by atoms with Crippen molar-refractivity contribution in [2.24, 2.45) is 5.92 Å². The number of H-pyrrole nitrogens is 1. The lowest BCUT2D eigenvalue weighted by atomic mass is 9.96. The Morgan fingerprint density at radius 2 is 2.00 bits per heavy atom. The third-order valence-electron chi connectivity index (χ3n) is 5.23. The van der Waals surface area contributed by atoms with E-state index in [0.29, 0.717) is 41.7 Å². The summed E-state index contributed by atoms with van der Waals surface area (Å²) in [5, 5.41) is 10.6. The van der Waals surface area contributed by atoms with Crippen molar-refractivity contribution in [2.75, 3.05) is 13.1 Å². The van der Waals surface area contributed by atoms with E-state index in [1.165, 1.54) is 0 Å². The molecule has 8 heteroatoms. The summed E-state index contributed by atoms with van der Waals surface area (Å²) in [6.45, 7) is 1.37. The minimum absolute atomic E-state index is 0.0637. The van der Waals surface area contributed by atoms with Crippen LogP contribution >= 0.6 is 11.6 Å². The number of piperidine rings is 1. The van der Waals surface area contributed by atoms with Crippen LogP contribution in [0.5, 0.6) is 0 Å². The lowest BCUT2D eigenvalue weighted by molar-refractivity contribution is -0.126. The number of halogens is 1. The summed E-state index contributed by atoms with van der Waals surface area (Å²) < 4.78 is 0. The molecule has 154 valence electrons. The second-order valence-electron chi connectivity index (χ2n) is 7.28. The van der Waals surface area contributed by atoms with Gasteiger partial charge in [0.1, 0.15) is 11.4 Å². The van der Waals surface area contributed by atoms with Crippen molar-refractivity contribution in [1.29, 1.82) is 0 Å². The van der Waals surface area contributed by atoms with Crippen LogP contribution in [-0.4, -0.2) is 45.0 Å². The average molecular weight is 424 g/mol. The fourth-order valence-corrected chi connectivity index (χ4v) is 3.79. The molecule has 3 heterocycles. The van der Waals surface area contributed by atoms with Crippen LogP contribution in [-0.2, 0) is 11.3 Å². The molecular weight excluding hydrogens is 402 g/mol. The minimum atomic E-state index is -0.247. The highest BCUT2D eigenvalue weighted by molar-refractivity contribution is 6.31. The highest BCUT2D eigenvalue weighted by Gasteiger charge is 2.29. The van der Waals surface area contributed by atoms with E-state index in [2.05, 4.69) is 20.5 Å². The molecule has 0 spiro atoms. The van der Waals surface area contributed by atoms with E-state index in [1.54, 1.807) is 23.2 Å². The van der Waals surface area contributed by atoms with Crippen molar-refractivity contribution in [1.82, 2.24) is 25.4 Å². The molecule has 1 aliphatic rings. The number of aromatic amines is 1. The summed E-state index contributed by atoms with van der Waals surface area (Å²) in [6, 6.07) is 14.7. The molecule has 0 unspecified atom stereocenters. The fraction of sp³-hybridized carbons (Fsp3) is 0.273. The number of amides is 2. The van der Waals surface area contributed by atoms with Crippen molar-refractivity contribution in [3.63, 3.8) is 0 Å². The van der Waals surface area contributed by atoms with E-state index in [0.717, 1.165) is 18.4 Å². The zero-order valence-electron chi connectivity index (χ0n) is 16.3. The third kappa shape index (κ3) is 4.52. The van der Waals surface area contributed by atoms with E-state index in [4.69, 9.17) is 11.6 Å². The van der Waals surface area contributed by atoms with Crippen LogP contribution in [0.1, 0.15) is 28.9 Å². The van der Waals surface area contributed by atoms with Gasteiger partial charge in [-0.25, -0.2) is 0 Å². The number of carbonyl (C=O) groups is 2. The number of nitrogens with one attached hydrogen (secondary N) is 2. The monoisotopic (exact) mass is 423 g/mol. The summed E-state index contributed by atoms with van der Waals surface area (Å²) in [6.07, 6.45) is 3.21. The first-order valence-electron chi connectivity index (χ1n) is 9.89. The maximum Gasteiger partial charge on any atom is 0.271 e. The van der Waals surface area contributed by atoms with Crippen LogP contribution in [0, 0.1) is 5.92 Å². The number of pyridine rings is 1. The predicted molar refractivity (Wildman–Crippen MR) is 114 cm³/mol. The Hall–Kier alpha value is -3.19. The molecule has 0 bridgehead atoms.